The molecule has 2 fully saturated rings. The van der Waals surface area contributed by atoms with Crippen LogP contribution in [0.5, 0.6) is 0 Å². The number of piperidine rings is 1. The topological polar surface area (TPSA) is 31.7 Å². The fraction of sp³-hybridized carbons (Fsp3) is 0.444. The Morgan fingerprint density at radius 2 is 1.53 bits per heavy atom. The van der Waals surface area contributed by atoms with E-state index in [9.17, 15) is 4.79 Å². The molecule has 5 rings (SSSR count). The first-order chi connectivity index (χ1) is 15.7. The first-order valence-electron chi connectivity index (χ1n) is 12.0. The maximum Gasteiger partial charge on any atom is 0.225 e. The summed E-state index contributed by atoms with van der Waals surface area (Å²) in [6.45, 7) is 7.59. The van der Waals surface area contributed by atoms with E-state index in [-0.39, 0.29) is 5.92 Å². The van der Waals surface area contributed by atoms with Gasteiger partial charge in [-0.05, 0) is 56.1 Å². The molecule has 3 heterocycles. The van der Waals surface area contributed by atoms with E-state index in [0.29, 0.717) is 5.91 Å². The summed E-state index contributed by atoms with van der Waals surface area (Å²) in [6.07, 6.45) is 1.95. The van der Waals surface area contributed by atoms with Crippen molar-refractivity contribution in [2.45, 2.75) is 25.9 Å². The minimum atomic E-state index is 0.199. The third kappa shape index (κ3) is 4.59. The zero-order chi connectivity index (χ0) is 21.9. The van der Waals surface area contributed by atoms with Gasteiger partial charge < -0.3 is 14.4 Å². The molecule has 0 atom stereocenters. The van der Waals surface area contributed by atoms with Gasteiger partial charge in [0.1, 0.15) is 0 Å². The number of hydrogen-bond acceptors (Lipinski definition) is 3. The molecule has 1 amide bonds. The SMILES string of the molecule is CN1CCN(C(=O)C2CCN(Cc3cc4ccccc4n3Cc3ccccc3)CC2)CC1. The number of carbonyl (C=O) groups is 1. The lowest BCUT2D eigenvalue weighted by Gasteiger charge is -2.37. The zero-order valence-corrected chi connectivity index (χ0v) is 19.1. The first kappa shape index (κ1) is 21.2. The number of benzene rings is 2. The van der Waals surface area contributed by atoms with Crippen LogP contribution in [0.2, 0.25) is 0 Å². The monoisotopic (exact) mass is 430 g/mol. The normalized spacial score (nSPS) is 19.0. The fourth-order valence-corrected chi connectivity index (χ4v) is 5.20. The van der Waals surface area contributed by atoms with Crippen LogP contribution in [-0.4, -0.2) is 71.5 Å². The Labute approximate surface area is 191 Å². The average Bonchev–Trinajstić information content (AvgIpc) is 3.17. The van der Waals surface area contributed by atoms with Crippen LogP contribution >= 0.6 is 0 Å². The van der Waals surface area contributed by atoms with E-state index in [2.05, 4.69) is 87.0 Å². The highest BCUT2D eigenvalue weighted by molar-refractivity contribution is 5.81. The van der Waals surface area contributed by atoms with Crippen LogP contribution in [0.15, 0.2) is 60.7 Å². The predicted molar refractivity (Wildman–Crippen MR) is 130 cm³/mol. The van der Waals surface area contributed by atoms with Gasteiger partial charge in [0.15, 0.2) is 0 Å². The molecule has 0 saturated carbocycles. The van der Waals surface area contributed by atoms with Crippen molar-refractivity contribution < 1.29 is 4.79 Å². The highest BCUT2D eigenvalue weighted by Crippen LogP contribution is 2.26. The predicted octanol–water partition coefficient (Wildman–Crippen LogP) is 3.68. The molecule has 1 aromatic heterocycles. The van der Waals surface area contributed by atoms with E-state index in [0.717, 1.165) is 65.2 Å². The molecule has 2 aliphatic heterocycles. The molecule has 0 N–H and O–H groups in total. The molecule has 0 spiro atoms. The Morgan fingerprint density at radius 3 is 2.28 bits per heavy atom. The van der Waals surface area contributed by atoms with Gasteiger partial charge in [0.25, 0.3) is 0 Å². The van der Waals surface area contributed by atoms with Crippen molar-refractivity contribution in [3.63, 3.8) is 0 Å². The molecular formula is C27H34N4O. The molecule has 2 aromatic carbocycles. The highest BCUT2D eigenvalue weighted by atomic mass is 16.2. The lowest BCUT2D eigenvalue weighted by atomic mass is 9.95. The van der Waals surface area contributed by atoms with Crippen LogP contribution in [0.3, 0.4) is 0 Å². The molecule has 5 nitrogen and oxygen atoms in total. The lowest BCUT2D eigenvalue weighted by molar-refractivity contribution is -0.138. The number of likely N-dealkylation sites (tertiary alicyclic amines) is 1. The van der Waals surface area contributed by atoms with Crippen LogP contribution in [0.4, 0.5) is 0 Å². The minimum absolute atomic E-state index is 0.199. The number of likely N-dealkylation sites (N-methyl/N-ethyl adjacent to an activating group) is 1. The molecule has 0 aliphatic carbocycles. The molecule has 168 valence electrons. The number of carbonyl (C=O) groups excluding carboxylic acids is 1. The van der Waals surface area contributed by atoms with Crippen LogP contribution in [-0.2, 0) is 17.9 Å². The van der Waals surface area contributed by atoms with E-state index < -0.39 is 0 Å². The molecule has 2 aliphatic rings. The Hall–Kier alpha value is -2.63. The molecule has 2 saturated heterocycles. The van der Waals surface area contributed by atoms with Gasteiger partial charge in [-0.15, -0.1) is 0 Å². The number of fused-ring (bicyclic) bond motifs is 1. The third-order valence-corrected chi connectivity index (χ3v) is 7.22. The standard InChI is InChI=1S/C27H34N4O/c1-28-15-17-30(18-16-28)27(32)23-11-13-29(14-12-23)21-25-19-24-9-5-6-10-26(24)31(25)20-22-7-3-2-4-8-22/h2-10,19,23H,11-18,20-21H2,1H3. The van der Waals surface area contributed by atoms with Crippen molar-refractivity contribution in [2.24, 2.45) is 5.92 Å². The van der Waals surface area contributed by atoms with E-state index >= 15 is 0 Å². The van der Waals surface area contributed by atoms with Crippen molar-refractivity contribution in [2.75, 3.05) is 46.3 Å². The quantitative estimate of drug-likeness (QED) is 0.619. The summed E-state index contributed by atoms with van der Waals surface area (Å²) in [5, 5.41) is 1.30. The summed E-state index contributed by atoms with van der Waals surface area (Å²) in [5.74, 6) is 0.584. The molecule has 0 radical (unpaired) electrons. The molecule has 0 bridgehead atoms. The van der Waals surface area contributed by atoms with Crippen molar-refractivity contribution >= 4 is 16.8 Å². The lowest BCUT2D eigenvalue weighted by Crippen LogP contribution is -2.50. The number of piperazine rings is 1. The smallest absolute Gasteiger partial charge is 0.225 e. The van der Waals surface area contributed by atoms with Gasteiger partial charge in [0, 0.05) is 56.4 Å². The molecule has 0 unspecified atom stereocenters. The summed E-state index contributed by atoms with van der Waals surface area (Å²) in [4.78, 5) is 19.9. The van der Waals surface area contributed by atoms with E-state index in [1.807, 2.05) is 0 Å². The number of amides is 1. The summed E-state index contributed by atoms with van der Waals surface area (Å²) in [5.41, 5.74) is 3.98. The van der Waals surface area contributed by atoms with Gasteiger partial charge in [-0.2, -0.15) is 0 Å². The van der Waals surface area contributed by atoms with Crippen molar-refractivity contribution in [3.8, 4) is 0 Å². The molecule has 3 aromatic rings. The summed E-state index contributed by atoms with van der Waals surface area (Å²) >= 11 is 0. The number of hydrogen-bond donors (Lipinski definition) is 0. The van der Waals surface area contributed by atoms with Gasteiger partial charge in [-0.1, -0.05) is 48.5 Å². The van der Waals surface area contributed by atoms with Gasteiger partial charge in [-0.3, -0.25) is 9.69 Å². The van der Waals surface area contributed by atoms with Crippen LogP contribution < -0.4 is 0 Å². The van der Waals surface area contributed by atoms with Crippen molar-refractivity contribution in [1.82, 2.24) is 19.3 Å². The van der Waals surface area contributed by atoms with Crippen LogP contribution in [0.1, 0.15) is 24.1 Å². The maximum atomic E-state index is 13.0. The maximum absolute atomic E-state index is 13.0. The van der Waals surface area contributed by atoms with Gasteiger partial charge in [-0.25, -0.2) is 0 Å². The number of nitrogens with zero attached hydrogens (tertiary/aromatic N) is 4. The average molecular weight is 431 g/mol. The van der Waals surface area contributed by atoms with Gasteiger partial charge in [0.05, 0.1) is 0 Å². The second-order valence-electron chi connectivity index (χ2n) is 9.45. The van der Waals surface area contributed by atoms with E-state index in [1.54, 1.807) is 0 Å². The largest absolute Gasteiger partial charge is 0.340 e. The second-order valence-corrected chi connectivity index (χ2v) is 9.45. The summed E-state index contributed by atoms with van der Waals surface area (Å²) < 4.78 is 2.46. The van der Waals surface area contributed by atoms with E-state index in [4.69, 9.17) is 0 Å². The first-order valence-corrected chi connectivity index (χ1v) is 12.0. The third-order valence-electron chi connectivity index (χ3n) is 7.22. The fourth-order valence-electron chi connectivity index (χ4n) is 5.20. The highest BCUT2D eigenvalue weighted by Gasteiger charge is 2.30. The second kappa shape index (κ2) is 9.47. The van der Waals surface area contributed by atoms with Crippen LogP contribution in [0, 0.1) is 5.92 Å². The molecule has 5 heteroatoms. The molecular weight excluding hydrogens is 396 g/mol. The summed E-state index contributed by atoms with van der Waals surface area (Å²) in [6, 6.07) is 21.7. The minimum Gasteiger partial charge on any atom is -0.340 e. The number of rotatable bonds is 5. The molecule has 32 heavy (non-hydrogen) atoms. The van der Waals surface area contributed by atoms with Crippen molar-refractivity contribution in [1.29, 1.82) is 0 Å². The Kier molecular flexibility index (Phi) is 6.28. The Balaban J connectivity index is 1.25. The number of para-hydroxylation sites is 1. The van der Waals surface area contributed by atoms with E-state index in [1.165, 1.54) is 22.2 Å². The summed E-state index contributed by atoms with van der Waals surface area (Å²) in [7, 11) is 2.14. The Bertz CT molecular complexity index is 1040. The van der Waals surface area contributed by atoms with Crippen molar-refractivity contribution in [3.05, 3.63) is 71.9 Å². The number of aromatic nitrogens is 1. The van der Waals surface area contributed by atoms with Gasteiger partial charge >= 0.3 is 0 Å². The Morgan fingerprint density at radius 1 is 0.844 bits per heavy atom. The zero-order valence-electron chi connectivity index (χ0n) is 19.1. The van der Waals surface area contributed by atoms with Gasteiger partial charge in [0.2, 0.25) is 5.91 Å². The van der Waals surface area contributed by atoms with Crippen LogP contribution in [0.25, 0.3) is 10.9 Å².